The Morgan fingerprint density at radius 1 is 1.00 bits per heavy atom. The van der Waals surface area contributed by atoms with Crippen molar-refractivity contribution in [2.45, 2.75) is 6.54 Å². The Morgan fingerprint density at radius 3 is 2.25 bits per heavy atom. The van der Waals surface area contributed by atoms with Gasteiger partial charge in [0.2, 0.25) is 0 Å². The van der Waals surface area contributed by atoms with Gasteiger partial charge in [0.15, 0.2) is 0 Å². The van der Waals surface area contributed by atoms with Crippen LogP contribution in [0.5, 0.6) is 0 Å². The Hall–Kier alpha value is -3.41. The predicted molar refractivity (Wildman–Crippen MR) is 88.1 cm³/mol. The number of carboxylic acids is 1. The van der Waals surface area contributed by atoms with Crippen molar-refractivity contribution in [3.63, 3.8) is 0 Å². The first-order chi connectivity index (χ1) is 11.6. The van der Waals surface area contributed by atoms with Gasteiger partial charge in [0.25, 0.3) is 5.91 Å². The molecule has 6 nitrogen and oxygen atoms in total. The molecular formula is C18H15N3O3. The van der Waals surface area contributed by atoms with Gasteiger partial charge in [-0.25, -0.2) is 9.48 Å². The Balaban J connectivity index is 1.60. The smallest absolute Gasteiger partial charge is 0.335 e. The SMILES string of the molecule is O=C(O)c1ccc(C(=O)NCc2ccc(-n3cccn3)cc2)cc1. The van der Waals surface area contributed by atoms with Crippen molar-refractivity contribution in [3.05, 3.63) is 83.7 Å². The molecule has 0 unspecified atom stereocenters. The molecule has 2 N–H and O–H groups in total. The number of aromatic nitrogens is 2. The fourth-order valence-corrected chi connectivity index (χ4v) is 2.24. The molecule has 2 aromatic carbocycles. The van der Waals surface area contributed by atoms with Crippen LogP contribution >= 0.6 is 0 Å². The third-order valence-electron chi connectivity index (χ3n) is 3.55. The number of hydrogen-bond acceptors (Lipinski definition) is 3. The van der Waals surface area contributed by atoms with Gasteiger partial charge in [-0.15, -0.1) is 0 Å². The van der Waals surface area contributed by atoms with E-state index in [1.54, 1.807) is 10.9 Å². The first-order valence-corrected chi connectivity index (χ1v) is 7.34. The third kappa shape index (κ3) is 3.49. The second-order valence-corrected chi connectivity index (χ2v) is 5.18. The fourth-order valence-electron chi connectivity index (χ4n) is 2.24. The Morgan fingerprint density at radius 2 is 1.67 bits per heavy atom. The first kappa shape index (κ1) is 15.5. The van der Waals surface area contributed by atoms with Gasteiger partial charge in [0.05, 0.1) is 11.3 Å². The minimum atomic E-state index is -1.01. The molecule has 24 heavy (non-hydrogen) atoms. The van der Waals surface area contributed by atoms with Gasteiger partial charge < -0.3 is 10.4 Å². The van der Waals surface area contributed by atoms with E-state index < -0.39 is 5.97 Å². The summed E-state index contributed by atoms with van der Waals surface area (Å²) in [5.41, 5.74) is 2.48. The van der Waals surface area contributed by atoms with E-state index in [0.29, 0.717) is 12.1 Å². The van der Waals surface area contributed by atoms with E-state index in [0.717, 1.165) is 11.3 Å². The number of nitrogens with zero attached hydrogens (tertiary/aromatic N) is 2. The van der Waals surface area contributed by atoms with Crippen molar-refractivity contribution in [1.82, 2.24) is 15.1 Å². The molecule has 0 spiro atoms. The number of rotatable bonds is 5. The van der Waals surface area contributed by atoms with Crippen LogP contribution in [-0.4, -0.2) is 26.8 Å². The largest absolute Gasteiger partial charge is 0.478 e. The van der Waals surface area contributed by atoms with Gasteiger partial charge in [-0.1, -0.05) is 12.1 Å². The highest BCUT2D eigenvalue weighted by molar-refractivity contribution is 5.95. The summed E-state index contributed by atoms with van der Waals surface area (Å²) in [6.07, 6.45) is 3.57. The highest BCUT2D eigenvalue weighted by atomic mass is 16.4. The Bertz CT molecular complexity index is 838. The molecule has 3 aromatic rings. The maximum Gasteiger partial charge on any atom is 0.335 e. The molecule has 6 heteroatoms. The third-order valence-corrected chi connectivity index (χ3v) is 3.55. The van der Waals surface area contributed by atoms with Crippen LogP contribution in [0.1, 0.15) is 26.3 Å². The highest BCUT2D eigenvalue weighted by Crippen LogP contribution is 2.09. The van der Waals surface area contributed by atoms with Gasteiger partial charge in [-0.05, 0) is 48.0 Å². The van der Waals surface area contributed by atoms with Crippen LogP contribution in [0.15, 0.2) is 67.0 Å². The van der Waals surface area contributed by atoms with Crippen LogP contribution in [0, 0.1) is 0 Å². The summed E-state index contributed by atoms with van der Waals surface area (Å²) in [7, 11) is 0. The molecule has 3 rings (SSSR count). The van der Waals surface area contributed by atoms with Crippen LogP contribution in [-0.2, 0) is 6.54 Å². The van der Waals surface area contributed by atoms with E-state index >= 15 is 0 Å². The zero-order chi connectivity index (χ0) is 16.9. The Labute approximate surface area is 138 Å². The summed E-state index contributed by atoms with van der Waals surface area (Å²) in [4.78, 5) is 22.9. The quantitative estimate of drug-likeness (QED) is 0.756. The maximum atomic E-state index is 12.1. The molecular weight excluding hydrogens is 306 g/mol. The predicted octanol–water partition coefficient (Wildman–Crippen LogP) is 2.50. The maximum absolute atomic E-state index is 12.1. The van der Waals surface area contributed by atoms with E-state index in [1.807, 2.05) is 36.5 Å². The first-order valence-electron chi connectivity index (χ1n) is 7.34. The molecule has 1 aromatic heterocycles. The molecule has 0 aliphatic heterocycles. The van der Waals surface area contributed by atoms with Gasteiger partial charge in [-0.3, -0.25) is 4.79 Å². The van der Waals surface area contributed by atoms with E-state index in [2.05, 4.69) is 10.4 Å². The molecule has 0 bridgehead atoms. The number of carbonyl (C=O) groups is 2. The summed E-state index contributed by atoms with van der Waals surface area (Å²) in [5, 5.41) is 15.8. The van der Waals surface area contributed by atoms with Crippen LogP contribution in [0.2, 0.25) is 0 Å². The minimum Gasteiger partial charge on any atom is -0.478 e. The average molecular weight is 321 g/mol. The molecule has 0 aliphatic rings. The summed E-state index contributed by atoms with van der Waals surface area (Å²) in [6, 6.07) is 15.4. The number of benzene rings is 2. The van der Waals surface area contributed by atoms with E-state index in [1.165, 1.54) is 24.3 Å². The topological polar surface area (TPSA) is 84.2 Å². The molecule has 0 saturated carbocycles. The van der Waals surface area contributed by atoms with Crippen molar-refractivity contribution in [2.75, 3.05) is 0 Å². The lowest BCUT2D eigenvalue weighted by Crippen LogP contribution is -2.22. The molecule has 0 fully saturated rings. The lowest BCUT2D eigenvalue weighted by atomic mass is 10.1. The number of aromatic carboxylic acids is 1. The summed E-state index contributed by atoms with van der Waals surface area (Å²) in [5.74, 6) is -1.26. The van der Waals surface area contributed by atoms with Crippen molar-refractivity contribution in [3.8, 4) is 5.69 Å². The molecule has 120 valence electrons. The number of carboxylic acid groups (broad SMARTS) is 1. The zero-order valence-electron chi connectivity index (χ0n) is 12.7. The number of amides is 1. The average Bonchev–Trinajstić information content (AvgIpc) is 3.15. The van der Waals surface area contributed by atoms with Crippen LogP contribution in [0.25, 0.3) is 5.69 Å². The van der Waals surface area contributed by atoms with Crippen LogP contribution in [0.4, 0.5) is 0 Å². The van der Waals surface area contributed by atoms with Crippen LogP contribution in [0.3, 0.4) is 0 Å². The molecule has 0 saturated heterocycles. The minimum absolute atomic E-state index is 0.153. The summed E-state index contributed by atoms with van der Waals surface area (Å²) < 4.78 is 1.76. The van der Waals surface area contributed by atoms with Gasteiger partial charge in [0.1, 0.15) is 0 Å². The van der Waals surface area contributed by atoms with Gasteiger partial charge in [0, 0.05) is 24.5 Å². The van der Waals surface area contributed by atoms with E-state index in [-0.39, 0.29) is 11.5 Å². The summed E-state index contributed by atoms with van der Waals surface area (Å²) in [6.45, 7) is 0.388. The molecule has 0 atom stereocenters. The second kappa shape index (κ2) is 6.78. The summed E-state index contributed by atoms with van der Waals surface area (Å²) >= 11 is 0. The number of carbonyl (C=O) groups excluding carboxylic acids is 1. The number of nitrogens with one attached hydrogen (secondary N) is 1. The normalized spacial score (nSPS) is 10.3. The van der Waals surface area contributed by atoms with Crippen molar-refractivity contribution in [1.29, 1.82) is 0 Å². The molecule has 1 amide bonds. The Kier molecular flexibility index (Phi) is 4.38. The monoisotopic (exact) mass is 321 g/mol. The van der Waals surface area contributed by atoms with Gasteiger partial charge >= 0.3 is 5.97 Å². The standard InChI is InChI=1S/C18H15N3O3/c22-17(14-4-6-15(7-5-14)18(23)24)19-12-13-2-8-16(9-3-13)21-11-1-10-20-21/h1-11H,12H2,(H,19,22)(H,23,24). The molecule has 0 aliphatic carbocycles. The van der Waals surface area contributed by atoms with Crippen molar-refractivity contribution in [2.24, 2.45) is 0 Å². The number of hydrogen-bond donors (Lipinski definition) is 2. The highest BCUT2D eigenvalue weighted by Gasteiger charge is 2.07. The lowest BCUT2D eigenvalue weighted by molar-refractivity contribution is 0.0696. The molecule has 1 heterocycles. The van der Waals surface area contributed by atoms with E-state index in [4.69, 9.17) is 5.11 Å². The van der Waals surface area contributed by atoms with Crippen molar-refractivity contribution >= 4 is 11.9 Å². The second-order valence-electron chi connectivity index (χ2n) is 5.18. The molecule has 0 radical (unpaired) electrons. The van der Waals surface area contributed by atoms with E-state index in [9.17, 15) is 9.59 Å². The zero-order valence-corrected chi connectivity index (χ0v) is 12.7. The fraction of sp³-hybridized carbons (Fsp3) is 0.0556. The lowest BCUT2D eigenvalue weighted by Gasteiger charge is -2.07. The van der Waals surface area contributed by atoms with Crippen LogP contribution < -0.4 is 5.32 Å². The van der Waals surface area contributed by atoms with Gasteiger partial charge in [-0.2, -0.15) is 5.10 Å². The van der Waals surface area contributed by atoms with Crippen molar-refractivity contribution < 1.29 is 14.7 Å².